The Hall–Kier alpha value is -2.18. The lowest BCUT2D eigenvalue weighted by Gasteiger charge is -2.18. The van der Waals surface area contributed by atoms with E-state index in [-0.39, 0.29) is 11.3 Å². The molecule has 3 rings (SSSR count). The number of rotatable bonds is 4. The minimum absolute atomic E-state index is 0.0429. The Bertz CT molecular complexity index is 696. The summed E-state index contributed by atoms with van der Waals surface area (Å²) in [6.07, 6.45) is 5.84. The van der Waals surface area contributed by atoms with Gasteiger partial charge < -0.3 is 10.2 Å². The lowest BCUT2D eigenvalue weighted by atomic mass is 9.96. The number of anilines is 1. The monoisotopic (exact) mass is 316 g/mol. The highest BCUT2D eigenvalue weighted by Crippen LogP contribution is 2.25. The van der Waals surface area contributed by atoms with Crippen molar-refractivity contribution in [3.63, 3.8) is 0 Å². The summed E-state index contributed by atoms with van der Waals surface area (Å²) < 4.78 is 1.83. The van der Waals surface area contributed by atoms with Crippen LogP contribution in [0.4, 0.5) is 5.82 Å². The maximum absolute atomic E-state index is 11.9. The van der Waals surface area contributed by atoms with E-state index in [1.165, 1.54) is 12.8 Å². The molecular weight excluding hydrogens is 292 g/mol. The summed E-state index contributed by atoms with van der Waals surface area (Å²) in [5.74, 6) is 1.01. The molecule has 3 heterocycles. The maximum Gasteiger partial charge on any atom is 0.225 e. The van der Waals surface area contributed by atoms with E-state index in [9.17, 15) is 4.79 Å². The van der Waals surface area contributed by atoms with Crippen LogP contribution in [0.2, 0.25) is 0 Å². The normalized spacial score (nSPS) is 15.3. The molecular formula is C16H24N6O. The third kappa shape index (κ3) is 3.28. The molecule has 0 atom stereocenters. The standard InChI is InChI=1S/C16H24N6O/c1-16(2,3)15(23)17-6-9-22-14-12(10-20-22)13(18-11-19-14)21-7-4-5-8-21/h10-11H,4-9H2,1-3H3,(H,17,23). The number of carbonyl (C=O) groups excluding carboxylic acids is 1. The van der Waals surface area contributed by atoms with Gasteiger partial charge in [0.25, 0.3) is 0 Å². The molecule has 0 spiro atoms. The second kappa shape index (κ2) is 6.14. The average molecular weight is 316 g/mol. The summed E-state index contributed by atoms with van der Waals surface area (Å²) >= 11 is 0. The number of hydrogen-bond acceptors (Lipinski definition) is 5. The number of hydrogen-bond donors (Lipinski definition) is 1. The molecule has 1 aliphatic heterocycles. The number of nitrogens with one attached hydrogen (secondary N) is 1. The van der Waals surface area contributed by atoms with Crippen molar-refractivity contribution in [2.75, 3.05) is 24.5 Å². The van der Waals surface area contributed by atoms with Crippen molar-refractivity contribution in [2.45, 2.75) is 40.2 Å². The second-order valence-corrected chi connectivity index (χ2v) is 7.00. The summed E-state index contributed by atoms with van der Waals surface area (Å²) in [6.45, 7) is 8.93. The molecule has 1 aliphatic rings. The summed E-state index contributed by atoms with van der Waals surface area (Å²) in [6, 6.07) is 0. The molecule has 0 aliphatic carbocycles. The molecule has 0 aromatic carbocycles. The number of aromatic nitrogens is 4. The van der Waals surface area contributed by atoms with E-state index < -0.39 is 0 Å². The zero-order chi connectivity index (χ0) is 16.4. The Balaban J connectivity index is 1.73. The SMILES string of the molecule is CC(C)(C)C(=O)NCCn1ncc2c(N3CCCC3)ncnc21. The number of carbonyl (C=O) groups is 1. The van der Waals surface area contributed by atoms with Crippen LogP contribution < -0.4 is 10.2 Å². The van der Waals surface area contributed by atoms with Gasteiger partial charge in [-0.25, -0.2) is 14.6 Å². The molecule has 0 radical (unpaired) electrons. The smallest absolute Gasteiger partial charge is 0.225 e. The molecule has 23 heavy (non-hydrogen) atoms. The van der Waals surface area contributed by atoms with Gasteiger partial charge in [-0.1, -0.05) is 20.8 Å². The summed E-state index contributed by atoms with van der Waals surface area (Å²) in [5, 5.41) is 8.35. The quantitative estimate of drug-likeness (QED) is 0.927. The molecule has 7 heteroatoms. The summed E-state index contributed by atoms with van der Waals surface area (Å²) in [7, 11) is 0. The van der Waals surface area contributed by atoms with Crippen LogP contribution in [0.3, 0.4) is 0 Å². The van der Waals surface area contributed by atoms with Crippen molar-refractivity contribution in [1.29, 1.82) is 0 Å². The Morgan fingerprint density at radius 3 is 2.70 bits per heavy atom. The first-order valence-electron chi connectivity index (χ1n) is 8.16. The third-order valence-corrected chi connectivity index (χ3v) is 4.11. The van der Waals surface area contributed by atoms with Crippen LogP contribution in [0.1, 0.15) is 33.6 Å². The van der Waals surface area contributed by atoms with Gasteiger partial charge in [0.1, 0.15) is 12.1 Å². The van der Waals surface area contributed by atoms with Crippen LogP contribution >= 0.6 is 0 Å². The fraction of sp³-hybridized carbons (Fsp3) is 0.625. The van der Waals surface area contributed by atoms with Gasteiger partial charge in [-0.3, -0.25) is 4.79 Å². The molecule has 2 aromatic heterocycles. The average Bonchev–Trinajstić information content (AvgIpc) is 3.15. The zero-order valence-electron chi connectivity index (χ0n) is 14.0. The second-order valence-electron chi connectivity index (χ2n) is 7.00. The zero-order valence-corrected chi connectivity index (χ0v) is 14.0. The molecule has 0 unspecified atom stereocenters. The molecule has 7 nitrogen and oxygen atoms in total. The highest BCUT2D eigenvalue weighted by molar-refractivity contribution is 5.86. The Labute approximate surface area is 136 Å². The van der Waals surface area contributed by atoms with E-state index in [1.54, 1.807) is 6.33 Å². The molecule has 0 bridgehead atoms. The van der Waals surface area contributed by atoms with Gasteiger partial charge >= 0.3 is 0 Å². The van der Waals surface area contributed by atoms with Crippen molar-refractivity contribution in [1.82, 2.24) is 25.1 Å². The van der Waals surface area contributed by atoms with Gasteiger partial charge in [0.2, 0.25) is 5.91 Å². The van der Waals surface area contributed by atoms with Crippen molar-refractivity contribution >= 4 is 22.8 Å². The minimum atomic E-state index is -0.378. The van der Waals surface area contributed by atoms with Crippen molar-refractivity contribution in [3.8, 4) is 0 Å². The van der Waals surface area contributed by atoms with Gasteiger partial charge in [-0.05, 0) is 12.8 Å². The van der Waals surface area contributed by atoms with Crippen LogP contribution in [-0.2, 0) is 11.3 Å². The van der Waals surface area contributed by atoms with E-state index in [0.29, 0.717) is 13.1 Å². The van der Waals surface area contributed by atoms with Crippen LogP contribution in [0, 0.1) is 5.41 Å². The molecule has 2 aromatic rings. The first-order valence-corrected chi connectivity index (χ1v) is 8.16. The fourth-order valence-electron chi connectivity index (χ4n) is 2.77. The maximum atomic E-state index is 11.9. The van der Waals surface area contributed by atoms with E-state index in [4.69, 9.17) is 0 Å². The number of nitrogens with zero attached hydrogens (tertiary/aromatic N) is 5. The van der Waals surface area contributed by atoms with Gasteiger partial charge in [0.05, 0.1) is 18.1 Å². The molecule has 0 saturated carbocycles. The van der Waals surface area contributed by atoms with Crippen molar-refractivity contribution < 1.29 is 4.79 Å². The lowest BCUT2D eigenvalue weighted by molar-refractivity contribution is -0.128. The van der Waals surface area contributed by atoms with E-state index in [2.05, 4.69) is 25.3 Å². The Morgan fingerprint density at radius 1 is 1.26 bits per heavy atom. The van der Waals surface area contributed by atoms with Crippen molar-refractivity contribution in [3.05, 3.63) is 12.5 Å². The van der Waals surface area contributed by atoms with Crippen LogP contribution in [0.15, 0.2) is 12.5 Å². The van der Waals surface area contributed by atoms with Crippen LogP contribution in [-0.4, -0.2) is 45.3 Å². The number of amides is 1. The molecule has 1 fully saturated rings. The van der Waals surface area contributed by atoms with Crippen molar-refractivity contribution in [2.24, 2.45) is 5.41 Å². The molecule has 1 amide bonds. The minimum Gasteiger partial charge on any atom is -0.356 e. The van der Waals surface area contributed by atoms with Gasteiger partial charge in [-0.2, -0.15) is 5.10 Å². The number of fused-ring (bicyclic) bond motifs is 1. The van der Waals surface area contributed by atoms with Gasteiger partial charge in [-0.15, -0.1) is 0 Å². The molecule has 1 saturated heterocycles. The Morgan fingerprint density at radius 2 is 2.00 bits per heavy atom. The van der Waals surface area contributed by atoms with Crippen LogP contribution in [0.25, 0.3) is 11.0 Å². The lowest BCUT2D eigenvalue weighted by Crippen LogP contribution is -2.36. The highest BCUT2D eigenvalue weighted by Gasteiger charge is 2.21. The topological polar surface area (TPSA) is 75.9 Å². The van der Waals surface area contributed by atoms with Gasteiger partial charge in [0.15, 0.2) is 5.65 Å². The summed E-state index contributed by atoms with van der Waals surface area (Å²) in [4.78, 5) is 23.0. The molecule has 124 valence electrons. The summed E-state index contributed by atoms with van der Waals surface area (Å²) in [5.41, 5.74) is 0.448. The first kappa shape index (κ1) is 15.7. The predicted molar refractivity (Wildman–Crippen MR) is 89.2 cm³/mol. The van der Waals surface area contributed by atoms with Gasteiger partial charge in [0, 0.05) is 25.0 Å². The largest absolute Gasteiger partial charge is 0.356 e. The predicted octanol–water partition coefficient (Wildman–Crippen LogP) is 1.59. The Kier molecular flexibility index (Phi) is 4.19. The van der Waals surface area contributed by atoms with Crippen LogP contribution in [0.5, 0.6) is 0 Å². The first-order chi connectivity index (χ1) is 11.0. The van der Waals surface area contributed by atoms with E-state index >= 15 is 0 Å². The fourth-order valence-corrected chi connectivity index (χ4v) is 2.77. The highest BCUT2D eigenvalue weighted by atomic mass is 16.2. The molecule has 1 N–H and O–H groups in total. The van der Waals surface area contributed by atoms with E-state index in [1.807, 2.05) is 31.6 Å². The van der Waals surface area contributed by atoms with E-state index in [0.717, 1.165) is 29.9 Å². The third-order valence-electron chi connectivity index (χ3n) is 4.11.